The van der Waals surface area contributed by atoms with Crippen LogP contribution in [0.5, 0.6) is 11.5 Å². The smallest absolute Gasteiger partial charge is 0.231 e. The number of benzene rings is 1. The van der Waals surface area contributed by atoms with Crippen molar-refractivity contribution in [1.29, 1.82) is 0 Å². The number of ether oxygens (including phenoxy) is 2. The van der Waals surface area contributed by atoms with Gasteiger partial charge in [0.05, 0.1) is 0 Å². The molecule has 3 rings (SSSR count). The molecule has 0 aromatic heterocycles. The zero-order valence-corrected chi connectivity index (χ0v) is 8.33. The lowest BCUT2D eigenvalue weighted by Gasteiger charge is -1.98. The quantitative estimate of drug-likeness (QED) is 0.654. The molecule has 66 valence electrons. The van der Waals surface area contributed by atoms with Gasteiger partial charge in [0, 0.05) is 14.0 Å². The Morgan fingerprint density at radius 1 is 1.08 bits per heavy atom. The van der Waals surface area contributed by atoms with Gasteiger partial charge in [-0.3, -0.25) is 0 Å². The molecule has 0 bridgehead atoms. The second-order valence-corrected chi connectivity index (χ2v) is 5.26. The zero-order chi connectivity index (χ0) is 8.84. The first-order valence-corrected chi connectivity index (χ1v) is 5.44. The lowest BCUT2D eigenvalue weighted by molar-refractivity contribution is 0.174. The fourth-order valence-corrected chi connectivity index (χ4v) is 3.43. The summed E-state index contributed by atoms with van der Waals surface area (Å²) in [5.74, 6) is 1.70. The Labute approximate surface area is 84.3 Å². The second-order valence-electron chi connectivity index (χ2n) is 2.73. The molecule has 2 aliphatic heterocycles. The van der Waals surface area contributed by atoms with Gasteiger partial charge in [-0.05, 0) is 12.1 Å². The topological polar surface area (TPSA) is 18.5 Å². The molecular formula is C9H6O2S2. The van der Waals surface area contributed by atoms with Crippen LogP contribution in [0.3, 0.4) is 0 Å². The van der Waals surface area contributed by atoms with Gasteiger partial charge in [-0.2, -0.15) is 0 Å². The molecule has 0 amide bonds. The van der Waals surface area contributed by atoms with Crippen LogP contribution in [0.4, 0.5) is 0 Å². The van der Waals surface area contributed by atoms with Crippen LogP contribution in [-0.2, 0) is 0 Å². The van der Waals surface area contributed by atoms with Crippen LogP contribution in [0.15, 0.2) is 32.7 Å². The van der Waals surface area contributed by atoms with Gasteiger partial charge in [0.15, 0.2) is 11.5 Å². The number of hydrogen-bond acceptors (Lipinski definition) is 4. The van der Waals surface area contributed by atoms with Gasteiger partial charge >= 0.3 is 0 Å². The minimum Gasteiger partial charge on any atom is -0.454 e. The number of hydrogen-bond donors (Lipinski definition) is 0. The summed E-state index contributed by atoms with van der Waals surface area (Å²) in [7, 11) is 0. The summed E-state index contributed by atoms with van der Waals surface area (Å²) in [4.78, 5) is 2.44. The maximum Gasteiger partial charge on any atom is 0.231 e. The summed E-state index contributed by atoms with van der Waals surface area (Å²) in [6.07, 6.45) is 0. The third-order valence-corrected chi connectivity index (χ3v) is 4.09. The summed E-state index contributed by atoms with van der Waals surface area (Å²) < 4.78 is 11.7. The highest BCUT2D eigenvalue weighted by atomic mass is 32.2. The monoisotopic (exact) mass is 210 g/mol. The SMILES string of the molecule is C=C1Sc2cc3c(cc2S1)OCO3. The predicted molar refractivity (Wildman–Crippen MR) is 53.4 cm³/mol. The van der Waals surface area contributed by atoms with E-state index in [2.05, 4.69) is 6.58 Å². The molecule has 13 heavy (non-hydrogen) atoms. The summed E-state index contributed by atoms with van der Waals surface area (Å²) in [5, 5.41) is 0. The first-order chi connectivity index (χ1) is 6.33. The minimum atomic E-state index is 0.342. The van der Waals surface area contributed by atoms with Crippen molar-refractivity contribution in [2.45, 2.75) is 9.79 Å². The van der Waals surface area contributed by atoms with Gasteiger partial charge in [0.2, 0.25) is 6.79 Å². The van der Waals surface area contributed by atoms with E-state index in [0.717, 1.165) is 15.7 Å². The van der Waals surface area contributed by atoms with E-state index >= 15 is 0 Å². The van der Waals surface area contributed by atoms with E-state index in [0.29, 0.717) is 6.79 Å². The van der Waals surface area contributed by atoms with Crippen LogP contribution in [0, 0.1) is 0 Å². The Hall–Kier alpha value is -0.740. The van der Waals surface area contributed by atoms with Crippen LogP contribution in [0.1, 0.15) is 0 Å². The van der Waals surface area contributed by atoms with Gasteiger partial charge in [-0.25, -0.2) is 0 Å². The molecule has 0 saturated carbocycles. The van der Waals surface area contributed by atoms with Crippen LogP contribution in [-0.4, -0.2) is 6.79 Å². The van der Waals surface area contributed by atoms with Gasteiger partial charge in [-0.15, -0.1) is 0 Å². The van der Waals surface area contributed by atoms with Gasteiger partial charge in [-0.1, -0.05) is 30.1 Å². The molecule has 2 aliphatic rings. The number of rotatable bonds is 0. The van der Waals surface area contributed by atoms with Crippen LogP contribution in [0.25, 0.3) is 0 Å². The average Bonchev–Trinajstić information content (AvgIpc) is 2.63. The Morgan fingerprint density at radius 3 is 2.15 bits per heavy atom. The summed E-state index contributed by atoms with van der Waals surface area (Å²) in [6.45, 7) is 4.26. The molecular weight excluding hydrogens is 204 g/mol. The van der Waals surface area contributed by atoms with Crippen molar-refractivity contribution in [3.8, 4) is 11.5 Å². The summed E-state index contributed by atoms with van der Waals surface area (Å²) in [5.41, 5.74) is 0. The maximum atomic E-state index is 5.28. The van der Waals surface area contributed by atoms with E-state index in [4.69, 9.17) is 9.47 Å². The van der Waals surface area contributed by atoms with E-state index in [-0.39, 0.29) is 0 Å². The molecule has 2 nitrogen and oxygen atoms in total. The summed E-state index contributed by atoms with van der Waals surface area (Å²) >= 11 is 3.38. The van der Waals surface area contributed by atoms with E-state index < -0.39 is 0 Å². The highest BCUT2D eigenvalue weighted by Gasteiger charge is 2.22. The third kappa shape index (κ3) is 1.13. The number of fused-ring (bicyclic) bond motifs is 2. The Kier molecular flexibility index (Phi) is 1.54. The first-order valence-electron chi connectivity index (χ1n) is 3.81. The molecule has 2 heterocycles. The van der Waals surface area contributed by atoms with Crippen molar-refractivity contribution in [1.82, 2.24) is 0 Å². The lowest BCUT2D eigenvalue weighted by Crippen LogP contribution is -1.92. The molecule has 1 aromatic carbocycles. The third-order valence-electron chi connectivity index (χ3n) is 1.89. The number of thioether (sulfide) groups is 2. The van der Waals surface area contributed by atoms with E-state index in [1.165, 1.54) is 9.79 Å². The van der Waals surface area contributed by atoms with Crippen LogP contribution in [0.2, 0.25) is 0 Å². The van der Waals surface area contributed by atoms with Gasteiger partial charge in [0.1, 0.15) is 0 Å². The van der Waals surface area contributed by atoms with Crippen molar-refractivity contribution in [3.05, 3.63) is 22.9 Å². The molecule has 0 fully saturated rings. The highest BCUT2D eigenvalue weighted by molar-refractivity contribution is 8.24. The second kappa shape index (κ2) is 2.62. The fraction of sp³-hybridized carbons (Fsp3) is 0.111. The van der Waals surface area contributed by atoms with E-state index in [9.17, 15) is 0 Å². The Balaban J connectivity index is 2.15. The van der Waals surface area contributed by atoms with Crippen molar-refractivity contribution in [2.75, 3.05) is 6.79 Å². The fourth-order valence-electron chi connectivity index (χ4n) is 1.33. The Bertz CT molecular complexity index is 366. The highest BCUT2D eigenvalue weighted by Crippen LogP contribution is 2.53. The molecule has 0 unspecified atom stereocenters. The van der Waals surface area contributed by atoms with Gasteiger partial charge < -0.3 is 9.47 Å². The molecule has 4 heteroatoms. The normalized spacial score (nSPS) is 17.7. The Morgan fingerprint density at radius 2 is 1.62 bits per heavy atom. The van der Waals surface area contributed by atoms with Crippen molar-refractivity contribution in [2.24, 2.45) is 0 Å². The van der Waals surface area contributed by atoms with Crippen molar-refractivity contribution in [3.63, 3.8) is 0 Å². The molecule has 0 saturated heterocycles. The van der Waals surface area contributed by atoms with Crippen LogP contribution < -0.4 is 9.47 Å². The first kappa shape index (κ1) is 7.64. The molecule has 1 aromatic rings. The van der Waals surface area contributed by atoms with Crippen molar-refractivity contribution >= 4 is 23.5 Å². The van der Waals surface area contributed by atoms with E-state index in [1.807, 2.05) is 12.1 Å². The average molecular weight is 210 g/mol. The standard InChI is InChI=1S/C9H6O2S2/c1-5-12-8-2-6-7(11-4-10-6)3-9(8)13-5/h2-3H,1,4H2. The van der Waals surface area contributed by atoms with Crippen LogP contribution >= 0.6 is 23.5 Å². The minimum absolute atomic E-state index is 0.342. The molecule has 0 atom stereocenters. The molecule has 0 N–H and O–H groups in total. The predicted octanol–water partition coefficient (Wildman–Crippen LogP) is 3.08. The maximum absolute atomic E-state index is 5.28. The zero-order valence-electron chi connectivity index (χ0n) is 6.70. The lowest BCUT2D eigenvalue weighted by atomic mass is 10.3. The van der Waals surface area contributed by atoms with Gasteiger partial charge in [0.25, 0.3) is 0 Å². The molecule has 0 radical (unpaired) electrons. The molecule has 0 aliphatic carbocycles. The molecule has 0 spiro atoms. The van der Waals surface area contributed by atoms with E-state index in [1.54, 1.807) is 23.5 Å². The summed E-state index contributed by atoms with van der Waals surface area (Å²) in [6, 6.07) is 4.04. The largest absolute Gasteiger partial charge is 0.454 e. The van der Waals surface area contributed by atoms with Crippen molar-refractivity contribution < 1.29 is 9.47 Å².